The maximum atomic E-state index is 13.7. The Labute approximate surface area is 245 Å². The fourth-order valence-corrected chi connectivity index (χ4v) is 4.50. The number of carbonyl (C=O) groups excluding carboxylic acids is 3. The number of nitrogens with one attached hydrogen (secondary N) is 1. The molecule has 0 aliphatic carbocycles. The number of nitrogens with zero attached hydrogens (tertiary/aromatic N) is 3. The smallest absolute Gasteiger partial charge is 0.417 e. The van der Waals surface area contributed by atoms with Crippen molar-refractivity contribution in [2.45, 2.75) is 58.5 Å². The first kappa shape index (κ1) is 31.0. The number of hydrogen-bond acceptors (Lipinski definition) is 6. The van der Waals surface area contributed by atoms with Crippen LogP contribution in [0.1, 0.15) is 61.7 Å². The van der Waals surface area contributed by atoms with E-state index in [1.165, 1.54) is 61.2 Å². The van der Waals surface area contributed by atoms with Crippen LogP contribution < -0.4 is 10.2 Å². The number of alkyl halides is 3. The van der Waals surface area contributed by atoms with Crippen LogP contribution in [0.3, 0.4) is 0 Å². The van der Waals surface area contributed by atoms with Gasteiger partial charge in [0.15, 0.2) is 0 Å². The number of urea groups is 1. The second-order valence-electron chi connectivity index (χ2n) is 11.4. The number of rotatable bonds is 6. The monoisotopic (exact) mass is 596 g/mol. The lowest BCUT2D eigenvalue weighted by Gasteiger charge is -2.29. The molecule has 0 aromatic heterocycles. The van der Waals surface area contributed by atoms with E-state index in [0.717, 1.165) is 12.1 Å². The van der Waals surface area contributed by atoms with Crippen LogP contribution >= 0.6 is 0 Å². The molecule has 0 atom stereocenters. The summed E-state index contributed by atoms with van der Waals surface area (Å²) in [5, 5.41) is 12.2. The van der Waals surface area contributed by atoms with Gasteiger partial charge >= 0.3 is 18.2 Å². The molecule has 1 fully saturated rings. The largest absolute Gasteiger partial charge is 0.456 e. The van der Waals surface area contributed by atoms with Gasteiger partial charge in [-0.15, -0.1) is 0 Å². The SMILES string of the molecule is CC(C)(C)OC(=O)c1ccc(Nc2ccc(F)cc2)c(CN2C(=O)N(c3ccc(C#N)c(C(F)(F)F)c3)C(=O)C2(C)C)c1. The molecule has 8 nitrogen and oxygen atoms in total. The summed E-state index contributed by atoms with van der Waals surface area (Å²) in [6.45, 7) is 7.77. The third-order valence-corrected chi connectivity index (χ3v) is 6.70. The second kappa shape index (κ2) is 11.1. The average Bonchev–Trinajstić information content (AvgIpc) is 3.08. The summed E-state index contributed by atoms with van der Waals surface area (Å²) in [7, 11) is 0. The van der Waals surface area contributed by atoms with Crippen molar-refractivity contribution in [1.82, 2.24) is 4.90 Å². The van der Waals surface area contributed by atoms with Crippen molar-refractivity contribution in [3.05, 3.63) is 88.7 Å². The Morgan fingerprint density at radius 3 is 2.23 bits per heavy atom. The summed E-state index contributed by atoms with van der Waals surface area (Å²) in [6.07, 6.45) is -4.90. The molecular formula is C31H28F4N4O4. The topological polar surface area (TPSA) is 103 Å². The molecule has 4 rings (SSSR count). The molecule has 1 saturated heterocycles. The van der Waals surface area contributed by atoms with Crippen molar-refractivity contribution in [2.24, 2.45) is 0 Å². The van der Waals surface area contributed by atoms with Gasteiger partial charge in [-0.3, -0.25) is 4.79 Å². The highest BCUT2D eigenvalue weighted by molar-refractivity contribution is 6.23. The predicted octanol–water partition coefficient (Wildman–Crippen LogP) is 7.16. The summed E-state index contributed by atoms with van der Waals surface area (Å²) in [4.78, 5) is 41.9. The third kappa shape index (κ3) is 6.45. The quantitative estimate of drug-likeness (QED) is 0.184. The maximum absolute atomic E-state index is 13.7. The number of anilines is 3. The molecule has 0 radical (unpaired) electrons. The molecule has 0 bridgehead atoms. The number of hydrogen-bond donors (Lipinski definition) is 1. The van der Waals surface area contributed by atoms with Crippen molar-refractivity contribution in [3.63, 3.8) is 0 Å². The van der Waals surface area contributed by atoms with Crippen LogP contribution in [0.5, 0.6) is 0 Å². The highest BCUT2D eigenvalue weighted by atomic mass is 19.4. The van der Waals surface area contributed by atoms with Crippen LogP contribution in [0.25, 0.3) is 0 Å². The molecule has 1 N–H and O–H groups in total. The summed E-state index contributed by atoms with van der Waals surface area (Å²) in [6, 6.07) is 13.2. The van der Waals surface area contributed by atoms with Gasteiger partial charge in [0.25, 0.3) is 5.91 Å². The highest BCUT2D eigenvalue weighted by Gasteiger charge is 2.52. The van der Waals surface area contributed by atoms with E-state index < -0.39 is 52.2 Å². The molecule has 43 heavy (non-hydrogen) atoms. The van der Waals surface area contributed by atoms with Crippen LogP contribution in [-0.4, -0.2) is 33.9 Å². The van der Waals surface area contributed by atoms with Crippen molar-refractivity contribution in [1.29, 1.82) is 5.26 Å². The van der Waals surface area contributed by atoms with Crippen LogP contribution in [0.4, 0.5) is 39.4 Å². The summed E-state index contributed by atoms with van der Waals surface area (Å²) in [5.74, 6) is -1.87. The highest BCUT2D eigenvalue weighted by Crippen LogP contribution is 2.39. The number of amides is 3. The Hall–Kier alpha value is -4.92. The summed E-state index contributed by atoms with van der Waals surface area (Å²) in [5.41, 5.74) is -3.13. The molecule has 12 heteroatoms. The molecule has 0 unspecified atom stereocenters. The number of nitriles is 1. The van der Waals surface area contributed by atoms with E-state index in [1.807, 2.05) is 0 Å². The molecule has 3 aromatic carbocycles. The van der Waals surface area contributed by atoms with Crippen LogP contribution in [0.2, 0.25) is 0 Å². The zero-order valence-corrected chi connectivity index (χ0v) is 24.0. The Morgan fingerprint density at radius 2 is 1.65 bits per heavy atom. The zero-order chi connectivity index (χ0) is 31.9. The minimum absolute atomic E-state index is 0.157. The normalized spacial score (nSPS) is 15.0. The molecular weight excluding hydrogens is 568 g/mol. The number of esters is 1. The van der Waals surface area contributed by atoms with Gasteiger partial charge in [0.2, 0.25) is 0 Å². The molecule has 1 aliphatic rings. The van der Waals surface area contributed by atoms with Crippen LogP contribution in [0, 0.1) is 17.1 Å². The lowest BCUT2D eigenvalue weighted by Crippen LogP contribution is -2.43. The van der Waals surface area contributed by atoms with Gasteiger partial charge in [-0.05, 0) is 101 Å². The van der Waals surface area contributed by atoms with Gasteiger partial charge in [0, 0.05) is 11.4 Å². The first-order valence-electron chi connectivity index (χ1n) is 13.1. The van der Waals surface area contributed by atoms with Crippen LogP contribution in [-0.2, 0) is 22.3 Å². The Bertz CT molecular complexity index is 1640. The van der Waals surface area contributed by atoms with Gasteiger partial charge in [-0.25, -0.2) is 18.9 Å². The molecule has 1 aliphatic heterocycles. The number of ether oxygens (including phenoxy) is 1. The average molecular weight is 597 g/mol. The molecule has 0 saturated carbocycles. The van der Waals surface area contributed by atoms with Crippen molar-refractivity contribution in [2.75, 3.05) is 10.2 Å². The fourth-order valence-electron chi connectivity index (χ4n) is 4.50. The number of halogens is 4. The van der Waals surface area contributed by atoms with Crippen LogP contribution in [0.15, 0.2) is 60.7 Å². The van der Waals surface area contributed by atoms with E-state index in [0.29, 0.717) is 27.9 Å². The number of carbonyl (C=O) groups is 3. The zero-order valence-electron chi connectivity index (χ0n) is 24.0. The summed E-state index contributed by atoms with van der Waals surface area (Å²) < 4.78 is 59.9. The first-order chi connectivity index (χ1) is 19.9. The van der Waals surface area contributed by atoms with Gasteiger partial charge in [0.05, 0.1) is 35.0 Å². The third-order valence-electron chi connectivity index (χ3n) is 6.70. The van der Waals surface area contributed by atoms with Gasteiger partial charge < -0.3 is 15.0 Å². The molecule has 224 valence electrons. The standard InChI is InChI=1S/C31H28F4N4O4/c1-29(2,3)43-26(40)18-7-13-25(37-22-10-8-21(32)9-11-22)20(14-18)17-38-28(42)39(27(41)30(38,4)5)23-12-6-19(16-36)24(15-23)31(33,34)35/h6-15,37H,17H2,1-5H3. The summed E-state index contributed by atoms with van der Waals surface area (Å²) >= 11 is 0. The second-order valence-corrected chi connectivity index (χ2v) is 11.4. The van der Waals surface area contributed by atoms with E-state index in [9.17, 15) is 31.9 Å². The lowest BCUT2D eigenvalue weighted by molar-refractivity contribution is -0.137. The van der Waals surface area contributed by atoms with Crippen molar-refractivity contribution >= 4 is 35.0 Å². The van der Waals surface area contributed by atoms with Gasteiger partial charge in [0.1, 0.15) is 17.0 Å². The minimum atomic E-state index is -4.90. The Morgan fingerprint density at radius 1 is 1.00 bits per heavy atom. The molecule has 3 aromatic rings. The molecule has 0 spiro atoms. The van der Waals surface area contributed by atoms with E-state index in [1.54, 1.807) is 26.8 Å². The van der Waals surface area contributed by atoms with E-state index in [4.69, 9.17) is 10.00 Å². The van der Waals surface area contributed by atoms with E-state index in [2.05, 4.69) is 5.32 Å². The maximum Gasteiger partial charge on any atom is 0.417 e. The van der Waals surface area contributed by atoms with Crippen molar-refractivity contribution in [3.8, 4) is 6.07 Å². The number of benzene rings is 3. The number of imide groups is 1. The molecule has 3 amide bonds. The lowest BCUT2D eigenvalue weighted by atomic mass is 10.0. The van der Waals surface area contributed by atoms with Gasteiger partial charge in [-0.2, -0.15) is 18.4 Å². The van der Waals surface area contributed by atoms with E-state index in [-0.39, 0.29) is 17.8 Å². The van der Waals surface area contributed by atoms with E-state index >= 15 is 0 Å². The minimum Gasteiger partial charge on any atom is -0.456 e. The van der Waals surface area contributed by atoms with Gasteiger partial charge in [-0.1, -0.05) is 0 Å². The Balaban J connectivity index is 1.75. The predicted molar refractivity (Wildman–Crippen MR) is 150 cm³/mol. The fraction of sp³-hybridized carbons (Fsp3) is 0.290. The molecule has 1 heterocycles. The Kier molecular flexibility index (Phi) is 7.98. The first-order valence-corrected chi connectivity index (χ1v) is 13.1. The van der Waals surface area contributed by atoms with Crippen molar-refractivity contribution < 1.29 is 36.7 Å².